The number of hydrogen-bond donors (Lipinski definition) is 0. The van der Waals surface area contributed by atoms with E-state index < -0.39 is 0 Å². The van der Waals surface area contributed by atoms with Gasteiger partial charge in [-0.15, -0.1) is 6.58 Å². The Morgan fingerprint density at radius 3 is 1.57 bits per heavy atom. The van der Waals surface area contributed by atoms with E-state index >= 15 is 0 Å². The second-order valence-electron chi connectivity index (χ2n) is 7.30. The summed E-state index contributed by atoms with van der Waals surface area (Å²) in [6.07, 6.45) is 12.9. The van der Waals surface area contributed by atoms with Crippen molar-refractivity contribution in [1.29, 1.82) is 0 Å². The third kappa shape index (κ3) is 8.65. The molecule has 2 nitrogen and oxygen atoms in total. The summed E-state index contributed by atoms with van der Waals surface area (Å²) in [6, 6.07) is 16.7. The predicted octanol–water partition coefficient (Wildman–Crippen LogP) is 7.83. The maximum absolute atomic E-state index is 5.85. The van der Waals surface area contributed by atoms with E-state index in [1.54, 1.807) is 0 Å². The quantitative estimate of drug-likeness (QED) is 0.231. The normalized spacial score (nSPS) is 10.6. The van der Waals surface area contributed by atoms with Gasteiger partial charge in [-0.3, -0.25) is 0 Å². The predicted molar refractivity (Wildman–Crippen MR) is 120 cm³/mol. The smallest absolute Gasteiger partial charge is 0.119 e. The summed E-state index contributed by atoms with van der Waals surface area (Å²) in [5, 5.41) is 0. The molecule has 0 saturated heterocycles. The Bertz CT molecular complexity index is 643. The zero-order valence-corrected chi connectivity index (χ0v) is 17.5. The number of ether oxygens (including phenoxy) is 2. The van der Waals surface area contributed by atoms with Gasteiger partial charge in [0, 0.05) is 0 Å². The number of rotatable bonds is 15. The molecule has 28 heavy (non-hydrogen) atoms. The van der Waals surface area contributed by atoms with Crippen molar-refractivity contribution in [1.82, 2.24) is 0 Å². The number of allylic oxidation sites excluding steroid dienone is 1. The summed E-state index contributed by atoms with van der Waals surface area (Å²) in [7, 11) is 0. The number of benzene rings is 2. The van der Waals surface area contributed by atoms with Crippen LogP contribution in [0.3, 0.4) is 0 Å². The second-order valence-corrected chi connectivity index (χ2v) is 7.30. The van der Waals surface area contributed by atoms with Crippen LogP contribution in [-0.2, 0) is 0 Å². The summed E-state index contributed by atoms with van der Waals surface area (Å²) >= 11 is 0. The van der Waals surface area contributed by atoms with Gasteiger partial charge in [-0.2, -0.15) is 0 Å². The van der Waals surface area contributed by atoms with Crippen LogP contribution in [0.1, 0.15) is 64.7 Å². The molecule has 2 heteroatoms. The highest BCUT2D eigenvalue weighted by atomic mass is 16.5. The first-order valence-corrected chi connectivity index (χ1v) is 10.9. The summed E-state index contributed by atoms with van der Waals surface area (Å²) in [4.78, 5) is 0. The molecule has 0 bridgehead atoms. The maximum atomic E-state index is 5.85. The van der Waals surface area contributed by atoms with Crippen molar-refractivity contribution in [3.63, 3.8) is 0 Å². The largest absolute Gasteiger partial charge is 0.494 e. The molecule has 152 valence electrons. The van der Waals surface area contributed by atoms with Crippen LogP contribution in [0, 0.1) is 0 Å². The third-order valence-corrected chi connectivity index (χ3v) is 4.88. The SMILES string of the molecule is C=CCCCCCCOc1ccc(-c2ccc(OCCCCCC)cc2)cc1. The molecule has 0 heterocycles. The first-order valence-electron chi connectivity index (χ1n) is 10.9. The van der Waals surface area contributed by atoms with Crippen LogP contribution < -0.4 is 9.47 Å². The minimum atomic E-state index is 0.789. The molecule has 0 spiro atoms. The Kier molecular flexibility index (Phi) is 10.9. The molecule has 0 aliphatic carbocycles. The van der Waals surface area contributed by atoms with Crippen LogP contribution in [0.5, 0.6) is 11.5 Å². The van der Waals surface area contributed by atoms with E-state index in [9.17, 15) is 0 Å². The fourth-order valence-electron chi connectivity index (χ4n) is 3.14. The molecule has 0 unspecified atom stereocenters. The average Bonchev–Trinajstić information content (AvgIpc) is 2.74. The van der Waals surface area contributed by atoms with Gasteiger partial charge >= 0.3 is 0 Å². The molecular weight excluding hydrogens is 344 g/mol. The van der Waals surface area contributed by atoms with E-state index in [4.69, 9.17) is 9.47 Å². The molecule has 2 aromatic rings. The lowest BCUT2D eigenvalue weighted by Gasteiger charge is -2.09. The molecule has 0 fully saturated rings. The second kappa shape index (κ2) is 13.9. The van der Waals surface area contributed by atoms with Crippen LogP contribution in [0.4, 0.5) is 0 Å². The van der Waals surface area contributed by atoms with E-state index in [2.05, 4.69) is 62.0 Å². The fourth-order valence-corrected chi connectivity index (χ4v) is 3.14. The zero-order chi connectivity index (χ0) is 19.9. The molecule has 0 aliphatic heterocycles. The summed E-state index contributed by atoms with van der Waals surface area (Å²) in [6.45, 7) is 7.58. The van der Waals surface area contributed by atoms with E-state index in [-0.39, 0.29) is 0 Å². The van der Waals surface area contributed by atoms with Crippen LogP contribution in [0.15, 0.2) is 61.2 Å². The third-order valence-electron chi connectivity index (χ3n) is 4.88. The molecule has 0 aliphatic rings. The molecule has 2 rings (SSSR count). The van der Waals surface area contributed by atoms with Crippen molar-refractivity contribution in [2.24, 2.45) is 0 Å². The molecular formula is C26H36O2. The van der Waals surface area contributed by atoms with Gasteiger partial charge in [-0.05, 0) is 61.1 Å². The topological polar surface area (TPSA) is 18.5 Å². The maximum Gasteiger partial charge on any atom is 0.119 e. The van der Waals surface area contributed by atoms with E-state index in [0.717, 1.165) is 44.0 Å². The molecule has 0 amide bonds. The van der Waals surface area contributed by atoms with Crippen molar-refractivity contribution in [2.45, 2.75) is 64.7 Å². The highest BCUT2D eigenvalue weighted by Gasteiger charge is 2.01. The van der Waals surface area contributed by atoms with Gasteiger partial charge in [0.05, 0.1) is 13.2 Å². The van der Waals surface area contributed by atoms with Gasteiger partial charge in [0.15, 0.2) is 0 Å². The number of hydrogen-bond acceptors (Lipinski definition) is 2. The summed E-state index contributed by atoms with van der Waals surface area (Å²) in [5.41, 5.74) is 2.40. The van der Waals surface area contributed by atoms with E-state index in [1.165, 1.54) is 49.7 Å². The molecule has 0 aromatic heterocycles. The minimum Gasteiger partial charge on any atom is -0.494 e. The van der Waals surface area contributed by atoms with Gasteiger partial charge in [-0.1, -0.05) is 69.4 Å². The average molecular weight is 381 g/mol. The van der Waals surface area contributed by atoms with Crippen molar-refractivity contribution < 1.29 is 9.47 Å². The van der Waals surface area contributed by atoms with E-state index in [1.807, 2.05) is 6.08 Å². The Balaban J connectivity index is 1.71. The monoisotopic (exact) mass is 380 g/mol. The molecule has 2 aromatic carbocycles. The Labute approximate surface area is 171 Å². The van der Waals surface area contributed by atoms with Crippen LogP contribution >= 0.6 is 0 Å². The van der Waals surface area contributed by atoms with Gasteiger partial charge in [0.2, 0.25) is 0 Å². The molecule has 0 N–H and O–H groups in total. The Hall–Kier alpha value is -2.22. The van der Waals surface area contributed by atoms with Gasteiger partial charge in [0.1, 0.15) is 11.5 Å². The van der Waals surface area contributed by atoms with Gasteiger partial charge in [0.25, 0.3) is 0 Å². The Morgan fingerprint density at radius 1 is 0.643 bits per heavy atom. The molecule has 0 atom stereocenters. The van der Waals surface area contributed by atoms with Gasteiger partial charge < -0.3 is 9.47 Å². The first-order chi connectivity index (χ1) is 13.8. The van der Waals surface area contributed by atoms with Gasteiger partial charge in [-0.25, -0.2) is 0 Å². The first kappa shape index (κ1) is 22.1. The van der Waals surface area contributed by atoms with Crippen LogP contribution in [-0.4, -0.2) is 13.2 Å². The summed E-state index contributed by atoms with van der Waals surface area (Å²) < 4.78 is 11.7. The lowest BCUT2D eigenvalue weighted by molar-refractivity contribution is 0.304. The van der Waals surface area contributed by atoms with Crippen LogP contribution in [0.2, 0.25) is 0 Å². The van der Waals surface area contributed by atoms with Crippen LogP contribution in [0.25, 0.3) is 11.1 Å². The lowest BCUT2D eigenvalue weighted by Crippen LogP contribution is -1.97. The van der Waals surface area contributed by atoms with Crippen molar-refractivity contribution in [2.75, 3.05) is 13.2 Å². The lowest BCUT2D eigenvalue weighted by atomic mass is 10.1. The standard InChI is InChI=1S/C26H36O2/c1-3-5-7-9-10-12-22-28-26-19-15-24(16-20-26)23-13-17-25(18-14-23)27-21-11-8-6-4-2/h3,13-20H,1,4-12,21-22H2,2H3. The highest BCUT2D eigenvalue weighted by molar-refractivity contribution is 5.64. The van der Waals surface area contributed by atoms with Crippen molar-refractivity contribution in [3.05, 3.63) is 61.2 Å². The zero-order valence-electron chi connectivity index (χ0n) is 17.5. The number of unbranched alkanes of at least 4 members (excludes halogenated alkanes) is 7. The van der Waals surface area contributed by atoms with Crippen molar-refractivity contribution >= 4 is 0 Å². The molecule has 0 saturated carbocycles. The highest BCUT2D eigenvalue weighted by Crippen LogP contribution is 2.25. The van der Waals surface area contributed by atoms with E-state index in [0.29, 0.717) is 0 Å². The minimum absolute atomic E-state index is 0.789. The Morgan fingerprint density at radius 2 is 1.11 bits per heavy atom. The summed E-state index contributed by atoms with van der Waals surface area (Å²) in [5.74, 6) is 1.90. The fraction of sp³-hybridized carbons (Fsp3) is 0.462. The van der Waals surface area contributed by atoms with Crippen molar-refractivity contribution in [3.8, 4) is 22.6 Å². The molecule has 0 radical (unpaired) electrons.